The highest BCUT2D eigenvalue weighted by Gasteiger charge is 2.42. The Bertz CT molecular complexity index is 1670. The minimum absolute atomic E-state index is 0.0152. The number of rotatable bonds is 6. The molecule has 0 aliphatic carbocycles. The van der Waals surface area contributed by atoms with E-state index >= 15 is 0 Å². The predicted molar refractivity (Wildman–Crippen MR) is 164 cm³/mol. The van der Waals surface area contributed by atoms with Gasteiger partial charge >= 0.3 is 12.2 Å². The number of anilines is 4. The van der Waals surface area contributed by atoms with Crippen molar-refractivity contribution in [2.45, 2.75) is 24.9 Å². The Morgan fingerprint density at radius 2 is 1.52 bits per heavy atom. The lowest BCUT2D eigenvalue weighted by atomic mass is 9.89. The van der Waals surface area contributed by atoms with Gasteiger partial charge in [-0.3, -0.25) is 4.79 Å². The first-order chi connectivity index (χ1) is 22.2. The highest BCUT2D eigenvalue weighted by Crippen LogP contribution is 2.35. The van der Waals surface area contributed by atoms with E-state index in [1.807, 2.05) is 18.2 Å². The number of carbonyl (C=O) groups is 2. The van der Waals surface area contributed by atoms with E-state index in [0.29, 0.717) is 11.7 Å². The number of benzene rings is 2. The number of nitrogens with zero attached hydrogens (tertiary/aromatic N) is 5. The highest BCUT2D eigenvalue weighted by atomic mass is 19.4. The summed E-state index contributed by atoms with van der Waals surface area (Å²) in [4.78, 5) is 38.5. The molecule has 2 N–H and O–H groups in total. The number of halogens is 4. The van der Waals surface area contributed by atoms with Gasteiger partial charge in [0.1, 0.15) is 11.6 Å². The number of urea groups is 1. The van der Waals surface area contributed by atoms with Crippen molar-refractivity contribution >= 4 is 35.1 Å². The van der Waals surface area contributed by atoms with Crippen molar-refractivity contribution in [3.05, 3.63) is 95.8 Å². The van der Waals surface area contributed by atoms with E-state index in [0.717, 1.165) is 25.9 Å². The summed E-state index contributed by atoms with van der Waals surface area (Å²) in [5.41, 5.74) is 0.0776. The summed E-state index contributed by atoms with van der Waals surface area (Å²) < 4.78 is 61.0. The molecular formula is C32H31F4N7O3. The number of hydrogen-bond acceptors (Lipinski definition) is 7. The molecule has 2 aromatic carbocycles. The van der Waals surface area contributed by atoms with Gasteiger partial charge in [-0.2, -0.15) is 18.2 Å². The van der Waals surface area contributed by atoms with E-state index < -0.39 is 35.4 Å². The Morgan fingerprint density at radius 1 is 0.826 bits per heavy atom. The van der Waals surface area contributed by atoms with Crippen molar-refractivity contribution in [1.82, 2.24) is 14.9 Å². The molecule has 2 aromatic heterocycles. The van der Waals surface area contributed by atoms with E-state index in [2.05, 4.69) is 37.6 Å². The molecule has 14 heteroatoms. The summed E-state index contributed by atoms with van der Waals surface area (Å²) >= 11 is 0. The fraction of sp³-hybridized carbons (Fsp3) is 0.312. The first-order valence-corrected chi connectivity index (χ1v) is 14.9. The Kier molecular flexibility index (Phi) is 8.77. The van der Waals surface area contributed by atoms with Crippen molar-refractivity contribution in [1.29, 1.82) is 0 Å². The van der Waals surface area contributed by atoms with Crippen molar-refractivity contribution in [2.24, 2.45) is 0 Å². The normalized spacial score (nSPS) is 16.0. The van der Waals surface area contributed by atoms with Crippen LogP contribution < -0.4 is 20.4 Å². The van der Waals surface area contributed by atoms with E-state index in [-0.39, 0.29) is 43.6 Å². The van der Waals surface area contributed by atoms with Crippen LogP contribution in [0.5, 0.6) is 0 Å². The van der Waals surface area contributed by atoms with Crippen LogP contribution in [-0.4, -0.2) is 66.1 Å². The topological polar surface area (TPSA) is 107 Å². The van der Waals surface area contributed by atoms with Gasteiger partial charge in [0.2, 0.25) is 5.76 Å². The van der Waals surface area contributed by atoms with Crippen LogP contribution in [0.15, 0.2) is 77.3 Å². The molecule has 0 unspecified atom stereocenters. The maximum atomic E-state index is 13.9. The molecular weight excluding hydrogens is 606 g/mol. The third-order valence-corrected chi connectivity index (χ3v) is 8.14. The van der Waals surface area contributed by atoms with Crippen LogP contribution in [-0.2, 0) is 6.18 Å². The van der Waals surface area contributed by atoms with Crippen LogP contribution in [0.1, 0.15) is 40.6 Å². The average molecular weight is 638 g/mol. The maximum absolute atomic E-state index is 13.9. The van der Waals surface area contributed by atoms with Gasteiger partial charge in [-0.05, 0) is 48.6 Å². The molecule has 46 heavy (non-hydrogen) atoms. The number of aromatic nitrogens is 2. The molecule has 2 aliphatic heterocycles. The molecule has 0 radical (unpaired) electrons. The molecule has 3 amide bonds. The zero-order valence-electron chi connectivity index (χ0n) is 24.6. The smallest absolute Gasteiger partial charge is 0.417 e. The van der Waals surface area contributed by atoms with Gasteiger partial charge in [-0.25, -0.2) is 14.2 Å². The molecule has 0 bridgehead atoms. The lowest BCUT2D eigenvalue weighted by molar-refractivity contribution is -0.141. The van der Waals surface area contributed by atoms with E-state index in [1.165, 1.54) is 39.8 Å². The number of piperazine rings is 1. The standard InChI is InChI=1S/C32H31F4N7O3/c33-24-8-4-5-9-25(24)39-30(45)42-16-18-43(19-17-42)31-40-28(32(34,35)36)27(46-31)29(44)38-23-10-11-26(37-20-23)41-14-12-22(13-15-41)21-6-2-1-3-7-21/h1-11,20,22H,12-19H2,(H,38,44)(H,39,45). The number of amides is 3. The lowest BCUT2D eigenvalue weighted by Gasteiger charge is -2.33. The first-order valence-electron chi connectivity index (χ1n) is 14.9. The summed E-state index contributed by atoms with van der Waals surface area (Å²) in [7, 11) is 0. The van der Waals surface area contributed by atoms with Gasteiger partial charge < -0.3 is 29.8 Å². The molecule has 4 aromatic rings. The van der Waals surface area contributed by atoms with Gasteiger partial charge in [-0.15, -0.1) is 0 Å². The third kappa shape index (κ3) is 6.90. The van der Waals surface area contributed by atoms with Crippen molar-refractivity contribution in [2.75, 3.05) is 59.7 Å². The Morgan fingerprint density at radius 3 is 2.17 bits per heavy atom. The fourth-order valence-corrected chi connectivity index (χ4v) is 5.65. The molecule has 4 heterocycles. The third-order valence-electron chi connectivity index (χ3n) is 8.14. The Balaban J connectivity index is 1.07. The second kappa shape index (κ2) is 13.1. The van der Waals surface area contributed by atoms with Crippen molar-refractivity contribution < 1.29 is 31.6 Å². The summed E-state index contributed by atoms with van der Waals surface area (Å²) in [5, 5.41) is 4.91. The van der Waals surface area contributed by atoms with E-state index in [1.54, 1.807) is 18.2 Å². The second-order valence-electron chi connectivity index (χ2n) is 11.1. The van der Waals surface area contributed by atoms with Crippen LogP contribution in [0.4, 0.5) is 45.6 Å². The molecule has 0 atom stereocenters. The molecule has 2 fully saturated rings. The van der Waals surface area contributed by atoms with Gasteiger partial charge in [0.25, 0.3) is 11.9 Å². The van der Waals surface area contributed by atoms with Gasteiger partial charge in [0.15, 0.2) is 5.69 Å². The molecule has 2 aliphatic rings. The average Bonchev–Trinajstić information content (AvgIpc) is 3.54. The number of carbonyl (C=O) groups excluding carboxylic acids is 2. The molecule has 2 saturated heterocycles. The number of pyridine rings is 1. The SMILES string of the molecule is O=C(Nc1ccc(N2CCC(c3ccccc3)CC2)nc1)c1oc(N2CCN(C(=O)Nc3ccccc3F)CC2)nc1C(F)(F)F. The summed E-state index contributed by atoms with van der Waals surface area (Å²) in [5.74, 6) is -1.50. The lowest BCUT2D eigenvalue weighted by Crippen LogP contribution is -2.50. The number of hydrogen-bond donors (Lipinski definition) is 2. The fourth-order valence-electron chi connectivity index (χ4n) is 5.65. The quantitative estimate of drug-likeness (QED) is 0.242. The molecule has 0 saturated carbocycles. The monoisotopic (exact) mass is 637 g/mol. The van der Waals surface area contributed by atoms with Gasteiger partial charge in [0, 0.05) is 39.3 Å². The van der Waals surface area contributed by atoms with Crippen LogP contribution >= 0.6 is 0 Å². The minimum Gasteiger partial charge on any atom is -0.417 e. The minimum atomic E-state index is -4.95. The molecule has 0 spiro atoms. The zero-order chi connectivity index (χ0) is 32.3. The van der Waals surface area contributed by atoms with Crippen LogP contribution in [0.2, 0.25) is 0 Å². The number of piperidine rings is 1. The summed E-state index contributed by atoms with van der Waals surface area (Å²) in [6.07, 6.45) is -1.63. The second-order valence-corrected chi connectivity index (χ2v) is 11.1. The van der Waals surface area contributed by atoms with E-state index in [9.17, 15) is 27.2 Å². The van der Waals surface area contributed by atoms with Gasteiger partial charge in [0.05, 0.1) is 17.6 Å². The largest absolute Gasteiger partial charge is 0.437 e. The van der Waals surface area contributed by atoms with Crippen LogP contribution in [0.3, 0.4) is 0 Å². The highest BCUT2D eigenvalue weighted by molar-refractivity contribution is 6.03. The Hall–Kier alpha value is -5.14. The van der Waals surface area contributed by atoms with Gasteiger partial charge in [-0.1, -0.05) is 42.5 Å². The Labute approximate surface area is 262 Å². The van der Waals surface area contributed by atoms with Crippen molar-refractivity contribution in [3.63, 3.8) is 0 Å². The number of alkyl halides is 3. The molecule has 10 nitrogen and oxygen atoms in total. The summed E-state index contributed by atoms with van der Waals surface area (Å²) in [6, 6.07) is 18.4. The summed E-state index contributed by atoms with van der Waals surface area (Å²) in [6.45, 7) is 1.98. The van der Waals surface area contributed by atoms with Crippen LogP contribution in [0.25, 0.3) is 0 Å². The molecule has 6 rings (SSSR count). The van der Waals surface area contributed by atoms with E-state index in [4.69, 9.17) is 4.42 Å². The number of oxazole rings is 1. The first kappa shape index (κ1) is 30.9. The predicted octanol–water partition coefficient (Wildman–Crippen LogP) is 6.22. The van der Waals surface area contributed by atoms with Crippen LogP contribution in [0, 0.1) is 5.82 Å². The zero-order valence-corrected chi connectivity index (χ0v) is 24.6. The maximum Gasteiger partial charge on any atom is 0.437 e. The molecule has 240 valence electrons. The van der Waals surface area contributed by atoms with Crippen molar-refractivity contribution in [3.8, 4) is 0 Å². The number of para-hydroxylation sites is 1. The number of nitrogens with one attached hydrogen (secondary N) is 2.